The van der Waals surface area contributed by atoms with Crippen LogP contribution in [0.4, 0.5) is 10.5 Å². The van der Waals surface area contributed by atoms with Crippen molar-refractivity contribution in [3.63, 3.8) is 0 Å². The number of likely N-dealkylation sites (N-methyl/N-ethyl adjacent to an activating group) is 1. The molecule has 7 atom stereocenters. The van der Waals surface area contributed by atoms with Crippen molar-refractivity contribution < 1.29 is 44.7 Å². The Kier molecular flexibility index (Phi) is 7.08. The summed E-state index contributed by atoms with van der Waals surface area (Å²) in [5.41, 5.74) is 0.956. The molecule has 14 nitrogen and oxygen atoms in total. The molecule has 1 saturated heterocycles. The molecule has 5 unspecified atom stereocenters. The van der Waals surface area contributed by atoms with Crippen molar-refractivity contribution in [3.8, 4) is 5.75 Å². The fraction of sp³-hybridized carbons (Fsp3) is 0.500. The summed E-state index contributed by atoms with van der Waals surface area (Å²) in [5.74, 6) is -9.77. The van der Waals surface area contributed by atoms with Gasteiger partial charge in [0.15, 0.2) is 11.4 Å². The van der Waals surface area contributed by atoms with Gasteiger partial charge < -0.3 is 46.8 Å². The maximum absolute atomic E-state index is 14.1. The van der Waals surface area contributed by atoms with Gasteiger partial charge in [-0.25, -0.2) is 4.79 Å². The average Bonchev–Trinajstić information content (AvgIpc) is 2.91. The number of carbonyl (C=O) groups is 4. The number of rotatable bonds is 3. The maximum Gasteiger partial charge on any atom is 0.322 e. The molecule has 3 amide bonds. The molecule has 1 aromatic carbocycles. The predicted molar refractivity (Wildman–Crippen MR) is 148 cm³/mol. The topological polar surface area (TPSA) is 226 Å². The third-order valence-electron chi connectivity index (χ3n) is 9.03. The molecule has 0 aromatic heterocycles. The lowest BCUT2D eigenvalue weighted by Crippen LogP contribution is -2.70. The molecule has 226 valence electrons. The van der Waals surface area contributed by atoms with Crippen molar-refractivity contribution in [1.82, 2.24) is 15.1 Å². The Morgan fingerprint density at radius 1 is 1.17 bits per heavy atom. The Balaban J connectivity index is 1.64. The summed E-state index contributed by atoms with van der Waals surface area (Å²) in [7, 11) is 2.89. The fourth-order valence-corrected chi connectivity index (χ4v) is 7.03. The number of carbonyl (C=O) groups excluding carboxylic acids is 4. The highest BCUT2D eigenvalue weighted by atomic mass is 16.4. The van der Waals surface area contributed by atoms with E-state index in [-0.39, 0.29) is 17.3 Å². The summed E-state index contributed by atoms with van der Waals surface area (Å²) in [6.07, 6.45) is -1.68. The summed E-state index contributed by atoms with van der Waals surface area (Å²) < 4.78 is 0. The van der Waals surface area contributed by atoms with Gasteiger partial charge >= 0.3 is 6.03 Å². The second kappa shape index (κ2) is 10.1. The summed E-state index contributed by atoms with van der Waals surface area (Å²) in [6.45, 7) is 5.01. The number of aliphatic hydroxyl groups is 4. The molecule has 1 aromatic rings. The molecule has 1 saturated carbocycles. The van der Waals surface area contributed by atoms with Gasteiger partial charge in [-0.3, -0.25) is 19.3 Å². The molecule has 2 fully saturated rings. The number of phenols is 1. The number of nitrogens with two attached hydrogens (primary N) is 1. The van der Waals surface area contributed by atoms with E-state index in [0.717, 1.165) is 0 Å². The second-order valence-corrected chi connectivity index (χ2v) is 11.7. The smallest absolute Gasteiger partial charge is 0.322 e. The molecule has 1 heterocycles. The monoisotopic (exact) mass is 585 g/mol. The molecule has 1 aliphatic heterocycles. The van der Waals surface area contributed by atoms with E-state index < -0.39 is 87.4 Å². The molecule has 0 spiro atoms. The van der Waals surface area contributed by atoms with Gasteiger partial charge in [0.05, 0.1) is 29.3 Å². The number of amides is 3. The zero-order valence-electron chi connectivity index (χ0n) is 23.6. The van der Waals surface area contributed by atoms with Gasteiger partial charge in [0.1, 0.15) is 22.8 Å². The number of nitrogens with zero attached hydrogens (tertiary/aromatic N) is 2. The van der Waals surface area contributed by atoms with E-state index in [1.165, 1.54) is 25.1 Å². The van der Waals surface area contributed by atoms with Crippen LogP contribution in [-0.4, -0.2) is 116 Å². The summed E-state index contributed by atoms with van der Waals surface area (Å²) in [5, 5.41) is 63.0. The Hall–Kier alpha value is -3.98. The van der Waals surface area contributed by atoms with Crippen LogP contribution in [0, 0.1) is 11.8 Å². The van der Waals surface area contributed by atoms with Gasteiger partial charge in [-0.1, -0.05) is 13.0 Å². The lowest BCUT2D eigenvalue weighted by Gasteiger charge is -2.53. The van der Waals surface area contributed by atoms with Crippen LogP contribution < -0.4 is 16.4 Å². The first-order valence-corrected chi connectivity index (χ1v) is 13.6. The van der Waals surface area contributed by atoms with Gasteiger partial charge in [0.2, 0.25) is 5.78 Å². The van der Waals surface area contributed by atoms with E-state index in [1.54, 1.807) is 17.9 Å². The number of anilines is 1. The van der Waals surface area contributed by atoms with E-state index in [1.807, 2.05) is 6.92 Å². The number of urea groups is 1. The molecule has 3 aliphatic carbocycles. The standard InChI is InChI=1S/C28H35N5O9/c1-10-9-33(8-7-30-10)27(41)31-13-6-5-12-11(2)14-16(21(35)15(12)20(13)34)24(38)28(42)18(22(14)36)19(32(3)4)23(37)17(25(28)39)26(29)40/h5-6,10-11,14,18-19,22,30,34-36,39,42H,7-9H2,1-4H3,(H2,29,40)(H,31,41)/t10?,11?,14?,18?,19-,22?,28-/m0/s1. The van der Waals surface area contributed by atoms with Crippen molar-refractivity contribution in [2.45, 2.75) is 43.6 Å². The first kappa shape index (κ1) is 29.5. The maximum atomic E-state index is 14.1. The van der Waals surface area contributed by atoms with Crippen LogP contribution in [0.1, 0.15) is 30.9 Å². The van der Waals surface area contributed by atoms with Crippen LogP contribution >= 0.6 is 0 Å². The average molecular weight is 586 g/mol. The van der Waals surface area contributed by atoms with E-state index in [2.05, 4.69) is 10.6 Å². The molecule has 14 heteroatoms. The molecule has 5 rings (SSSR count). The van der Waals surface area contributed by atoms with Crippen molar-refractivity contribution in [3.05, 3.63) is 40.2 Å². The summed E-state index contributed by atoms with van der Waals surface area (Å²) in [4.78, 5) is 55.3. The van der Waals surface area contributed by atoms with Crippen molar-refractivity contribution in [2.24, 2.45) is 17.6 Å². The highest BCUT2D eigenvalue weighted by molar-refractivity contribution is 6.24. The summed E-state index contributed by atoms with van der Waals surface area (Å²) >= 11 is 0. The zero-order chi connectivity index (χ0) is 31.0. The molecular weight excluding hydrogens is 550 g/mol. The normalized spacial score (nSPS) is 32.9. The van der Waals surface area contributed by atoms with Crippen LogP contribution in [0.25, 0.3) is 5.76 Å². The van der Waals surface area contributed by atoms with Gasteiger partial charge in [0.25, 0.3) is 5.91 Å². The van der Waals surface area contributed by atoms with E-state index in [9.17, 15) is 44.7 Å². The highest BCUT2D eigenvalue weighted by Gasteiger charge is 2.68. The van der Waals surface area contributed by atoms with Crippen LogP contribution in [0.15, 0.2) is 29.0 Å². The number of primary amides is 1. The number of fused-ring (bicyclic) bond motifs is 3. The van der Waals surface area contributed by atoms with Crippen molar-refractivity contribution in [2.75, 3.05) is 39.0 Å². The third kappa shape index (κ3) is 4.01. The minimum Gasteiger partial charge on any atom is -0.508 e. The van der Waals surface area contributed by atoms with Gasteiger partial charge in [-0.05, 0) is 38.6 Å². The number of nitrogens with one attached hydrogen (secondary N) is 2. The van der Waals surface area contributed by atoms with E-state index in [4.69, 9.17) is 5.73 Å². The number of hydrogen-bond donors (Lipinski definition) is 8. The van der Waals surface area contributed by atoms with E-state index in [0.29, 0.717) is 25.2 Å². The third-order valence-corrected chi connectivity index (χ3v) is 9.03. The molecule has 42 heavy (non-hydrogen) atoms. The Morgan fingerprint density at radius 3 is 2.43 bits per heavy atom. The number of piperazine rings is 1. The Labute approximate surface area is 241 Å². The summed E-state index contributed by atoms with van der Waals surface area (Å²) in [6, 6.07) is 1.14. The number of benzene rings is 1. The number of aromatic hydroxyl groups is 1. The quantitative estimate of drug-likeness (QED) is 0.164. The predicted octanol–water partition coefficient (Wildman–Crippen LogP) is -0.679. The lowest BCUT2D eigenvalue weighted by molar-refractivity contribution is -0.169. The second-order valence-electron chi connectivity index (χ2n) is 11.7. The van der Waals surface area contributed by atoms with Crippen molar-refractivity contribution in [1.29, 1.82) is 0 Å². The fourth-order valence-electron chi connectivity index (χ4n) is 7.03. The molecular formula is C28H35N5O9. The zero-order valence-corrected chi connectivity index (χ0v) is 23.6. The van der Waals surface area contributed by atoms with Gasteiger partial charge in [0, 0.05) is 37.2 Å². The SMILES string of the molecule is CC1CN(C(=O)Nc2ccc3c(c2O)C(O)=C2C(=O)[C@]4(O)C(O)=C(C(N)=O)C(=O)[C@@H](N(C)C)C4C(O)C2C3C)CCN1. The molecule has 9 N–H and O–H groups in total. The lowest BCUT2D eigenvalue weighted by atomic mass is 9.54. The number of Topliss-reactive ketones (excluding diaryl/α,β-unsaturated/α-hetero) is 2. The minimum absolute atomic E-state index is 0.0437. The Bertz CT molecular complexity index is 1470. The molecule has 4 aliphatic rings. The van der Waals surface area contributed by atoms with Gasteiger partial charge in [-0.15, -0.1) is 0 Å². The van der Waals surface area contributed by atoms with Gasteiger partial charge in [-0.2, -0.15) is 0 Å². The Morgan fingerprint density at radius 2 is 1.83 bits per heavy atom. The largest absolute Gasteiger partial charge is 0.508 e. The van der Waals surface area contributed by atoms with Crippen LogP contribution in [0.3, 0.4) is 0 Å². The number of aliphatic hydroxyl groups excluding tert-OH is 3. The number of hydrogen-bond acceptors (Lipinski definition) is 11. The van der Waals surface area contributed by atoms with Crippen LogP contribution in [-0.2, 0) is 14.4 Å². The highest BCUT2D eigenvalue weighted by Crippen LogP contribution is 2.56. The number of phenolic OH excluding ortho intramolecular Hbond substituents is 1. The van der Waals surface area contributed by atoms with Crippen LogP contribution in [0.5, 0.6) is 5.75 Å². The number of ketones is 2. The minimum atomic E-state index is -3.00. The van der Waals surface area contributed by atoms with Crippen LogP contribution in [0.2, 0.25) is 0 Å². The molecule has 0 bridgehead atoms. The van der Waals surface area contributed by atoms with E-state index >= 15 is 0 Å². The first-order valence-electron chi connectivity index (χ1n) is 13.6. The molecule has 0 radical (unpaired) electrons. The first-order chi connectivity index (χ1) is 19.6. The van der Waals surface area contributed by atoms with Crippen molar-refractivity contribution >= 4 is 35.0 Å².